The van der Waals surface area contributed by atoms with Crippen LogP contribution in [0.25, 0.3) is 22.9 Å². The molecule has 0 aliphatic heterocycles. The molecule has 0 saturated heterocycles. The lowest BCUT2D eigenvalue weighted by atomic mass is 10.1. The van der Waals surface area contributed by atoms with Gasteiger partial charge in [0.15, 0.2) is 0 Å². The standard InChI is InChI=1S/C17H15N3O3/c1-20(2)12-9-7-11(8-10-12)15-18-19-16(23-15)13-5-3-4-6-14(13)17(21)22/h3-10H,1-2H3,(H,21,22). The first kappa shape index (κ1) is 14.8. The van der Waals surface area contributed by atoms with Crippen LogP contribution < -0.4 is 4.90 Å². The van der Waals surface area contributed by atoms with Gasteiger partial charge in [0.1, 0.15) is 0 Å². The van der Waals surface area contributed by atoms with Crippen LogP contribution in [0.3, 0.4) is 0 Å². The fourth-order valence-corrected chi connectivity index (χ4v) is 2.21. The van der Waals surface area contributed by atoms with E-state index in [0.29, 0.717) is 11.5 Å². The Morgan fingerprint density at radius 2 is 1.65 bits per heavy atom. The number of anilines is 1. The number of nitrogens with zero attached hydrogens (tertiary/aromatic N) is 3. The molecule has 6 heteroatoms. The number of carboxylic acid groups (broad SMARTS) is 1. The molecule has 0 spiro atoms. The molecule has 0 fully saturated rings. The Balaban J connectivity index is 1.96. The molecule has 23 heavy (non-hydrogen) atoms. The van der Waals surface area contributed by atoms with Gasteiger partial charge in [0, 0.05) is 25.3 Å². The SMILES string of the molecule is CN(C)c1ccc(-c2nnc(-c3ccccc3C(=O)O)o2)cc1. The zero-order valence-corrected chi connectivity index (χ0v) is 12.7. The maximum Gasteiger partial charge on any atom is 0.336 e. The summed E-state index contributed by atoms with van der Waals surface area (Å²) in [7, 11) is 3.92. The summed E-state index contributed by atoms with van der Waals surface area (Å²) >= 11 is 0. The van der Waals surface area contributed by atoms with Gasteiger partial charge < -0.3 is 14.4 Å². The molecule has 3 rings (SSSR count). The van der Waals surface area contributed by atoms with E-state index in [1.54, 1.807) is 18.2 Å². The summed E-state index contributed by atoms with van der Waals surface area (Å²) in [5.41, 5.74) is 2.38. The van der Waals surface area contributed by atoms with Crippen molar-refractivity contribution in [2.45, 2.75) is 0 Å². The van der Waals surface area contributed by atoms with Crippen LogP contribution in [0.5, 0.6) is 0 Å². The van der Waals surface area contributed by atoms with Crippen LogP contribution in [0.4, 0.5) is 5.69 Å². The lowest BCUT2D eigenvalue weighted by Gasteiger charge is -2.11. The maximum atomic E-state index is 11.3. The smallest absolute Gasteiger partial charge is 0.336 e. The summed E-state index contributed by atoms with van der Waals surface area (Å²) < 4.78 is 5.65. The van der Waals surface area contributed by atoms with Gasteiger partial charge in [0.05, 0.1) is 11.1 Å². The fraction of sp³-hybridized carbons (Fsp3) is 0.118. The third-order valence-corrected chi connectivity index (χ3v) is 3.44. The molecule has 116 valence electrons. The Kier molecular flexibility index (Phi) is 3.80. The van der Waals surface area contributed by atoms with Gasteiger partial charge in [-0.3, -0.25) is 0 Å². The molecular weight excluding hydrogens is 294 g/mol. The van der Waals surface area contributed by atoms with E-state index >= 15 is 0 Å². The van der Waals surface area contributed by atoms with Crippen LogP contribution in [0.2, 0.25) is 0 Å². The Morgan fingerprint density at radius 3 is 2.30 bits per heavy atom. The summed E-state index contributed by atoms with van der Waals surface area (Å²) in [6.45, 7) is 0. The highest BCUT2D eigenvalue weighted by molar-refractivity contribution is 5.94. The first-order chi connectivity index (χ1) is 11.1. The van der Waals surface area contributed by atoms with Gasteiger partial charge in [0.25, 0.3) is 0 Å². The number of rotatable bonds is 4. The van der Waals surface area contributed by atoms with E-state index in [9.17, 15) is 9.90 Å². The van der Waals surface area contributed by atoms with Crippen molar-refractivity contribution in [3.8, 4) is 22.9 Å². The molecule has 0 bridgehead atoms. The van der Waals surface area contributed by atoms with Gasteiger partial charge in [0.2, 0.25) is 11.8 Å². The predicted octanol–water partition coefficient (Wildman–Crippen LogP) is 3.17. The van der Waals surface area contributed by atoms with E-state index in [2.05, 4.69) is 10.2 Å². The molecule has 0 amide bonds. The quantitative estimate of drug-likeness (QED) is 0.797. The molecule has 0 atom stereocenters. The Labute approximate surface area is 133 Å². The van der Waals surface area contributed by atoms with E-state index in [-0.39, 0.29) is 11.5 Å². The zero-order chi connectivity index (χ0) is 16.4. The third-order valence-electron chi connectivity index (χ3n) is 3.44. The van der Waals surface area contributed by atoms with Gasteiger partial charge in [-0.1, -0.05) is 12.1 Å². The van der Waals surface area contributed by atoms with Gasteiger partial charge in [-0.25, -0.2) is 4.79 Å². The van der Waals surface area contributed by atoms with Crippen LogP contribution in [-0.4, -0.2) is 35.4 Å². The van der Waals surface area contributed by atoms with Gasteiger partial charge >= 0.3 is 5.97 Å². The van der Waals surface area contributed by atoms with Crippen molar-refractivity contribution in [2.24, 2.45) is 0 Å². The van der Waals surface area contributed by atoms with E-state index in [4.69, 9.17) is 4.42 Å². The van der Waals surface area contributed by atoms with Gasteiger partial charge in [-0.2, -0.15) is 0 Å². The largest absolute Gasteiger partial charge is 0.478 e. The molecule has 0 aliphatic carbocycles. The number of hydrogen-bond donors (Lipinski definition) is 1. The summed E-state index contributed by atoms with van der Waals surface area (Å²) in [4.78, 5) is 13.3. The van der Waals surface area contributed by atoms with Crippen LogP contribution in [-0.2, 0) is 0 Å². The minimum absolute atomic E-state index is 0.130. The molecular formula is C17H15N3O3. The second kappa shape index (κ2) is 5.92. The topological polar surface area (TPSA) is 79.5 Å². The molecule has 1 N–H and O–H groups in total. The third kappa shape index (κ3) is 2.91. The lowest BCUT2D eigenvalue weighted by Crippen LogP contribution is -2.07. The minimum atomic E-state index is -1.03. The number of benzene rings is 2. The molecule has 2 aromatic carbocycles. The average molecular weight is 309 g/mol. The first-order valence-electron chi connectivity index (χ1n) is 7.00. The number of carbonyl (C=O) groups is 1. The summed E-state index contributed by atoms with van der Waals surface area (Å²) in [5, 5.41) is 17.2. The van der Waals surface area contributed by atoms with Crippen molar-refractivity contribution in [1.29, 1.82) is 0 Å². The van der Waals surface area contributed by atoms with Crippen LogP contribution in [0.15, 0.2) is 52.9 Å². The highest BCUT2D eigenvalue weighted by atomic mass is 16.4. The van der Waals surface area contributed by atoms with E-state index < -0.39 is 5.97 Å². The van der Waals surface area contributed by atoms with Crippen LogP contribution in [0.1, 0.15) is 10.4 Å². The van der Waals surface area contributed by atoms with E-state index in [1.807, 2.05) is 43.3 Å². The number of aromatic nitrogens is 2. The predicted molar refractivity (Wildman–Crippen MR) is 86.5 cm³/mol. The molecule has 1 aromatic heterocycles. The molecule has 3 aromatic rings. The van der Waals surface area contributed by atoms with Gasteiger partial charge in [-0.05, 0) is 36.4 Å². The number of aromatic carboxylic acids is 1. The lowest BCUT2D eigenvalue weighted by molar-refractivity contribution is 0.0697. The van der Waals surface area contributed by atoms with Crippen molar-refractivity contribution in [1.82, 2.24) is 10.2 Å². The Morgan fingerprint density at radius 1 is 1.00 bits per heavy atom. The molecule has 0 radical (unpaired) electrons. The summed E-state index contributed by atoms with van der Waals surface area (Å²) in [5.74, 6) is -0.490. The minimum Gasteiger partial charge on any atom is -0.478 e. The summed E-state index contributed by atoms with van der Waals surface area (Å²) in [6, 6.07) is 14.2. The number of carboxylic acids is 1. The van der Waals surface area contributed by atoms with Crippen molar-refractivity contribution >= 4 is 11.7 Å². The van der Waals surface area contributed by atoms with Crippen LogP contribution >= 0.6 is 0 Å². The molecule has 1 heterocycles. The normalized spacial score (nSPS) is 10.5. The molecule has 0 saturated carbocycles. The van der Waals surface area contributed by atoms with Crippen molar-refractivity contribution in [3.63, 3.8) is 0 Å². The van der Waals surface area contributed by atoms with E-state index in [0.717, 1.165) is 11.3 Å². The summed E-state index contributed by atoms with van der Waals surface area (Å²) in [6.07, 6.45) is 0. The highest BCUT2D eigenvalue weighted by Gasteiger charge is 2.17. The van der Waals surface area contributed by atoms with E-state index in [1.165, 1.54) is 6.07 Å². The fourth-order valence-electron chi connectivity index (χ4n) is 2.21. The van der Waals surface area contributed by atoms with Crippen molar-refractivity contribution in [3.05, 3.63) is 54.1 Å². The van der Waals surface area contributed by atoms with Crippen LogP contribution in [0, 0.1) is 0 Å². The molecule has 0 unspecified atom stereocenters. The Hall–Kier alpha value is -3.15. The second-order valence-electron chi connectivity index (χ2n) is 5.20. The Bertz CT molecular complexity index is 838. The van der Waals surface area contributed by atoms with Crippen molar-refractivity contribution < 1.29 is 14.3 Å². The van der Waals surface area contributed by atoms with Crippen molar-refractivity contribution in [2.75, 3.05) is 19.0 Å². The number of hydrogen-bond acceptors (Lipinski definition) is 5. The monoisotopic (exact) mass is 309 g/mol. The second-order valence-corrected chi connectivity index (χ2v) is 5.20. The molecule has 6 nitrogen and oxygen atoms in total. The first-order valence-corrected chi connectivity index (χ1v) is 7.00. The maximum absolute atomic E-state index is 11.3. The van der Waals surface area contributed by atoms with Gasteiger partial charge in [-0.15, -0.1) is 10.2 Å². The molecule has 0 aliphatic rings. The average Bonchev–Trinajstić information content (AvgIpc) is 3.04. The zero-order valence-electron chi connectivity index (χ0n) is 12.7. The highest BCUT2D eigenvalue weighted by Crippen LogP contribution is 2.27.